The van der Waals surface area contributed by atoms with E-state index in [0.717, 1.165) is 0 Å². The summed E-state index contributed by atoms with van der Waals surface area (Å²) in [7, 11) is 0. The molecule has 1 N–H and O–H groups in total. The highest BCUT2D eigenvalue weighted by molar-refractivity contribution is 5.92. The van der Waals surface area contributed by atoms with Crippen LogP contribution in [0.3, 0.4) is 0 Å². The van der Waals surface area contributed by atoms with Crippen LogP contribution in [-0.4, -0.2) is 23.1 Å². The first-order chi connectivity index (χ1) is 8.98. The van der Waals surface area contributed by atoms with E-state index in [1.54, 1.807) is 12.1 Å². The zero-order valence-corrected chi connectivity index (χ0v) is 10.3. The fourth-order valence-corrected chi connectivity index (χ4v) is 2.43. The first-order valence-corrected chi connectivity index (χ1v) is 6.27. The summed E-state index contributed by atoms with van der Waals surface area (Å²) in [6, 6.07) is 3.92. The van der Waals surface area contributed by atoms with E-state index in [1.807, 2.05) is 0 Å². The molecule has 3 nitrogen and oxygen atoms in total. The molecule has 0 saturated heterocycles. The van der Waals surface area contributed by atoms with E-state index >= 15 is 0 Å². The van der Waals surface area contributed by atoms with Crippen molar-refractivity contribution in [2.24, 2.45) is 5.92 Å². The van der Waals surface area contributed by atoms with E-state index in [4.69, 9.17) is 0 Å². The van der Waals surface area contributed by atoms with Gasteiger partial charge in [-0.15, -0.1) is 0 Å². The second-order valence-electron chi connectivity index (χ2n) is 4.73. The third-order valence-electron chi connectivity index (χ3n) is 3.40. The molecule has 1 saturated carbocycles. The van der Waals surface area contributed by atoms with Crippen LogP contribution in [0.1, 0.15) is 36.2 Å². The Bertz CT molecular complexity index is 433. The van der Waals surface area contributed by atoms with Crippen LogP contribution in [0.4, 0.5) is 13.2 Å². The summed E-state index contributed by atoms with van der Waals surface area (Å²) < 4.78 is 38.6. The topological polar surface area (TPSA) is 42.0 Å². The Morgan fingerprint density at radius 2 is 2.00 bits per heavy atom. The first kappa shape index (κ1) is 13.8. The molecule has 1 aliphatic rings. The monoisotopic (exact) mass is 272 g/mol. The number of aromatic nitrogens is 1. The molecule has 2 atom stereocenters. The normalized spacial score (nSPS) is 23.9. The van der Waals surface area contributed by atoms with Gasteiger partial charge >= 0.3 is 6.18 Å². The van der Waals surface area contributed by atoms with Gasteiger partial charge in [-0.25, -0.2) is 0 Å². The highest BCUT2D eigenvalue weighted by Crippen LogP contribution is 2.37. The van der Waals surface area contributed by atoms with Crippen molar-refractivity contribution < 1.29 is 18.0 Å². The smallest absolute Gasteiger partial charge is 0.347 e. The maximum atomic E-state index is 12.9. The first-order valence-electron chi connectivity index (χ1n) is 6.27. The summed E-state index contributed by atoms with van der Waals surface area (Å²) >= 11 is 0. The Morgan fingerprint density at radius 1 is 1.26 bits per heavy atom. The number of carbonyl (C=O) groups is 1. The van der Waals surface area contributed by atoms with Gasteiger partial charge in [-0.3, -0.25) is 9.78 Å². The number of nitrogens with one attached hydrogen (secondary N) is 1. The van der Waals surface area contributed by atoms with Crippen LogP contribution >= 0.6 is 0 Å². The zero-order chi connectivity index (χ0) is 13.9. The number of carbonyl (C=O) groups excluding carboxylic acids is 1. The molecule has 0 aromatic carbocycles. The van der Waals surface area contributed by atoms with E-state index in [2.05, 4.69) is 10.3 Å². The summed E-state index contributed by atoms with van der Waals surface area (Å²) in [5.41, 5.74) is 0.147. The van der Waals surface area contributed by atoms with Gasteiger partial charge in [0.25, 0.3) is 5.91 Å². The Morgan fingerprint density at radius 3 is 2.63 bits per heavy atom. The van der Waals surface area contributed by atoms with Gasteiger partial charge in [-0.2, -0.15) is 13.2 Å². The van der Waals surface area contributed by atoms with Gasteiger partial charge in [0.1, 0.15) is 5.69 Å². The lowest BCUT2D eigenvalue weighted by Gasteiger charge is -2.33. The summed E-state index contributed by atoms with van der Waals surface area (Å²) in [6.07, 6.45) is -1.11. The molecular formula is C13H15F3N2O. The molecule has 0 spiro atoms. The maximum absolute atomic E-state index is 12.9. The molecule has 2 rings (SSSR count). The number of pyridine rings is 1. The lowest BCUT2D eigenvalue weighted by atomic mass is 9.84. The van der Waals surface area contributed by atoms with Crippen molar-refractivity contribution in [3.63, 3.8) is 0 Å². The van der Waals surface area contributed by atoms with Crippen molar-refractivity contribution in [2.75, 3.05) is 0 Å². The van der Waals surface area contributed by atoms with E-state index in [0.29, 0.717) is 19.3 Å². The van der Waals surface area contributed by atoms with Crippen LogP contribution < -0.4 is 5.32 Å². The lowest BCUT2D eigenvalue weighted by Crippen LogP contribution is -2.47. The Kier molecular flexibility index (Phi) is 4.07. The second kappa shape index (κ2) is 5.59. The summed E-state index contributed by atoms with van der Waals surface area (Å²) in [4.78, 5) is 15.7. The van der Waals surface area contributed by atoms with Crippen molar-refractivity contribution in [3.05, 3.63) is 30.1 Å². The minimum absolute atomic E-state index is 0.0800. The molecule has 0 unspecified atom stereocenters. The molecule has 6 heteroatoms. The highest BCUT2D eigenvalue weighted by Gasteiger charge is 2.46. The number of rotatable bonds is 2. The van der Waals surface area contributed by atoms with E-state index in [1.165, 1.54) is 12.3 Å². The summed E-state index contributed by atoms with van der Waals surface area (Å²) in [6.45, 7) is 0. The minimum Gasteiger partial charge on any atom is -0.347 e. The Balaban J connectivity index is 2.06. The van der Waals surface area contributed by atoms with Gasteiger partial charge in [0.15, 0.2) is 0 Å². The van der Waals surface area contributed by atoms with Gasteiger partial charge in [0.05, 0.1) is 5.92 Å². The van der Waals surface area contributed by atoms with E-state index in [9.17, 15) is 18.0 Å². The molecule has 104 valence electrons. The van der Waals surface area contributed by atoms with Crippen LogP contribution in [0, 0.1) is 5.92 Å². The molecule has 1 fully saturated rings. The second-order valence-corrected chi connectivity index (χ2v) is 4.73. The zero-order valence-electron chi connectivity index (χ0n) is 10.3. The van der Waals surface area contributed by atoms with Crippen LogP contribution in [0.5, 0.6) is 0 Å². The molecular weight excluding hydrogens is 257 g/mol. The number of halogens is 3. The third kappa shape index (κ3) is 3.45. The Hall–Kier alpha value is -1.59. The molecule has 1 aromatic heterocycles. The minimum atomic E-state index is -4.26. The third-order valence-corrected chi connectivity index (χ3v) is 3.40. The average molecular weight is 272 g/mol. The number of nitrogens with zero attached hydrogens (tertiary/aromatic N) is 1. The Labute approximate surface area is 109 Å². The number of hydrogen-bond acceptors (Lipinski definition) is 2. The van der Waals surface area contributed by atoms with E-state index in [-0.39, 0.29) is 12.1 Å². The summed E-state index contributed by atoms with van der Waals surface area (Å²) in [5, 5.41) is 2.47. The van der Waals surface area contributed by atoms with Crippen LogP contribution in [-0.2, 0) is 0 Å². The number of hydrogen-bond donors (Lipinski definition) is 1. The average Bonchev–Trinajstić information content (AvgIpc) is 2.39. The molecule has 1 heterocycles. The number of alkyl halides is 3. The lowest BCUT2D eigenvalue weighted by molar-refractivity contribution is -0.187. The number of amides is 1. The molecule has 1 aliphatic carbocycles. The van der Waals surface area contributed by atoms with Crippen LogP contribution in [0.25, 0.3) is 0 Å². The van der Waals surface area contributed by atoms with Crippen LogP contribution in [0.15, 0.2) is 24.4 Å². The fourth-order valence-electron chi connectivity index (χ4n) is 2.43. The van der Waals surface area contributed by atoms with Crippen molar-refractivity contribution in [1.29, 1.82) is 0 Å². The van der Waals surface area contributed by atoms with Crippen molar-refractivity contribution >= 4 is 5.91 Å². The highest BCUT2D eigenvalue weighted by atomic mass is 19.4. The van der Waals surface area contributed by atoms with Crippen molar-refractivity contribution in [3.8, 4) is 0 Å². The van der Waals surface area contributed by atoms with Gasteiger partial charge in [-0.1, -0.05) is 18.9 Å². The quantitative estimate of drug-likeness (QED) is 0.899. The molecule has 1 aromatic rings. The van der Waals surface area contributed by atoms with Crippen LogP contribution in [0.2, 0.25) is 0 Å². The largest absolute Gasteiger partial charge is 0.393 e. The maximum Gasteiger partial charge on any atom is 0.393 e. The molecule has 0 bridgehead atoms. The van der Waals surface area contributed by atoms with Gasteiger partial charge in [0.2, 0.25) is 0 Å². The van der Waals surface area contributed by atoms with E-state index < -0.39 is 24.0 Å². The molecule has 0 radical (unpaired) electrons. The summed E-state index contributed by atoms with van der Waals surface area (Å²) in [5.74, 6) is -1.99. The SMILES string of the molecule is O=C(N[C@H]1CCCC[C@@H]1C(F)(F)F)c1ccccn1. The molecule has 19 heavy (non-hydrogen) atoms. The standard InChI is InChI=1S/C13H15F3N2O/c14-13(15,16)9-5-1-2-6-10(9)18-12(19)11-7-3-4-8-17-11/h3-4,7-10H,1-2,5-6H2,(H,18,19)/t9-,10-/m0/s1. The van der Waals surface area contributed by atoms with Gasteiger partial charge in [0, 0.05) is 12.2 Å². The molecule has 1 amide bonds. The van der Waals surface area contributed by atoms with Crippen molar-refractivity contribution in [2.45, 2.75) is 37.9 Å². The fraction of sp³-hybridized carbons (Fsp3) is 0.538. The van der Waals surface area contributed by atoms with Gasteiger partial charge < -0.3 is 5.32 Å². The molecule has 0 aliphatic heterocycles. The predicted octanol–water partition coefficient (Wildman–Crippen LogP) is 2.93. The predicted molar refractivity (Wildman–Crippen MR) is 63.5 cm³/mol. The van der Waals surface area contributed by atoms with Gasteiger partial charge in [-0.05, 0) is 25.0 Å². The van der Waals surface area contributed by atoms with Crippen molar-refractivity contribution in [1.82, 2.24) is 10.3 Å².